The Labute approximate surface area is 117 Å². The van der Waals surface area contributed by atoms with Crippen LogP contribution in [0.2, 0.25) is 0 Å². The van der Waals surface area contributed by atoms with E-state index < -0.39 is 35.8 Å². The van der Waals surface area contributed by atoms with E-state index in [1.165, 1.54) is 24.3 Å². The zero-order valence-electron chi connectivity index (χ0n) is 10.4. The zero-order valence-corrected chi connectivity index (χ0v) is 10.4. The van der Waals surface area contributed by atoms with E-state index in [2.05, 4.69) is 5.32 Å². The molecule has 1 rings (SSSR count). The first-order chi connectivity index (χ1) is 9.75. The van der Waals surface area contributed by atoms with Crippen molar-refractivity contribution in [1.82, 2.24) is 0 Å². The maximum Gasteiger partial charge on any atom is 0.337 e. The van der Waals surface area contributed by atoms with Crippen molar-refractivity contribution in [2.75, 3.05) is 5.32 Å². The lowest BCUT2D eigenvalue weighted by molar-refractivity contribution is -0.160. The number of aliphatic carboxylic acids is 3. The van der Waals surface area contributed by atoms with Crippen molar-refractivity contribution >= 4 is 29.6 Å². The first kappa shape index (κ1) is 16.0. The molecule has 0 saturated heterocycles. The highest BCUT2D eigenvalue weighted by atomic mass is 16.4. The second kappa shape index (κ2) is 6.37. The van der Waals surface area contributed by atoms with Crippen molar-refractivity contribution < 1.29 is 39.6 Å². The van der Waals surface area contributed by atoms with Gasteiger partial charge >= 0.3 is 23.9 Å². The third kappa shape index (κ3) is 3.69. The number of rotatable bonds is 7. The van der Waals surface area contributed by atoms with E-state index in [0.717, 1.165) is 0 Å². The summed E-state index contributed by atoms with van der Waals surface area (Å²) in [6.45, 7) is 0. The Morgan fingerprint density at radius 3 is 1.81 bits per heavy atom. The Hall–Kier alpha value is -3.10. The van der Waals surface area contributed by atoms with Crippen LogP contribution < -0.4 is 5.32 Å². The van der Waals surface area contributed by atoms with Crippen LogP contribution >= 0.6 is 0 Å². The molecular formula is C12H11NO8. The van der Waals surface area contributed by atoms with E-state index in [-0.39, 0.29) is 11.3 Å². The quantitative estimate of drug-likeness (QED) is 0.437. The van der Waals surface area contributed by atoms with Gasteiger partial charge in [-0.15, -0.1) is 0 Å². The van der Waals surface area contributed by atoms with Crippen LogP contribution in [0.25, 0.3) is 0 Å². The maximum atomic E-state index is 11.1. The molecule has 1 unspecified atom stereocenters. The lowest BCUT2D eigenvalue weighted by Crippen LogP contribution is -2.45. The summed E-state index contributed by atoms with van der Waals surface area (Å²) in [4.78, 5) is 43.9. The van der Waals surface area contributed by atoms with Crippen molar-refractivity contribution in [3.05, 3.63) is 29.8 Å². The molecule has 0 amide bonds. The van der Waals surface area contributed by atoms with Crippen LogP contribution in [-0.4, -0.2) is 50.3 Å². The molecular weight excluding hydrogens is 286 g/mol. The Morgan fingerprint density at radius 2 is 1.38 bits per heavy atom. The Bertz CT molecular complexity index is 583. The van der Waals surface area contributed by atoms with E-state index in [0.29, 0.717) is 0 Å². The average molecular weight is 297 g/mol. The van der Waals surface area contributed by atoms with E-state index in [4.69, 9.17) is 20.4 Å². The summed E-state index contributed by atoms with van der Waals surface area (Å²) in [5.41, 5.74) is -0.497. The van der Waals surface area contributed by atoms with Gasteiger partial charge in [-0.2, -0.15) is 0 Å². The minimum atomic E-state index is -2.27. The molecule has 9 heteroatoms. The standard InChI is InChI=1S/C12H11NO8/c14-9(15)5-3-1-2-4-6(5)13-8(12(20)21)7(10(16)17)11(18)19/h1-4,7-8,13H,(H,14,15)(H,16,17)(H,18,19)(H,20,21). The number of nitrogens with one attached hydrogen (secondary N) is 1. The monoisotopic (exact) mass is 297 g/mol. The van der Waals surface area contributed by atoms with E-state index >= 15 is 0 Å². The molecule has 0 aliphatic rings. The van der Waals surface area contributed by atoms with Gasteiger partial charge < -0.3 is 25.7 Å². The molecule has 0 aliphatic carbocycles. The van der Waals surface area contributed by atoms with Crippen LogP contribution in [0, 0.1) is 5.92 Å². The third-order valence-corrected chi connectivity index (χ3v) is 2.60. The molecule has 1 atom stereocenters. The summed E-state index contributed by atoms with van der Waals surface area (Å²) < 4.78 is 0. The van der Waals surface area contributed by atoms with E-state index in [1.54, 1.807) is 0 Å². The van der Waals surface area contributed by atoms with Crippen molar-refractivity contribution in [2.24, 2.45) is 5.92 Å². The molecule has 9 nitrogen and oxygen atoms in total. The lowest BCUT2D eigenvalue weighted by Gasteiger charge is -2.20. The van der Waals surface area contributed by atoms with Crippen LogP contribution in [0.4, 0.5) is 5.69 Å². The topological polar surface area (TPSA) is 161 Å². The Morgan fingerprint density at radius 1 is 0.857 bits per heavy atom. The minimum absolute atomic E-state index is 0.190. The largest absolute Gasteiger partial charge is 0.481 e. The summed E-state index contributed by atoms with van der Waals surface area (Å²) >= 11 is 0. The molecule has 0 spiro atoms. The molecule has 0 bridgehead atoms. The summed E-state index contributed by atoms with van der Waals surface area (Å²) in [7, 11) is 0. The fourth-order valence-corrected chi connectivity index (χ4v) is 1.64. The van der Waals surface area contributed by atoms with Crippen LogP contribution in [-0.2, 0) is 14.4 Å². The van der Waals surface area contributed by atoms with E-state index in [9.17, 15) is 19.2 Å². The molecule has 5 N–H and O–H groups in total. The number of hydrogen-bond donors (Lipinski definition) is 5. The van der Waals surface area contributed by atoms with Crippen molar-refractivity contribution in [2.45, 2.75) is 6.04 Å². The van der Waals surface area contributed by atoms with Gasteiger partial charge in [0.05, 0.1) is 5.56 Å². The smallest absolute Gasteiger partial charge is 0.337 e. The zero-order chi connectivity index (χ0) is 16.2. The van der Waals surface area contributed by atoms with Gasteiger partial charge in [0.2, 0.25) is 0 Å². The summed E-state index contributed by atoms with van der Waals surface area (Å²) in [6, 6.07) is 3.13. The lowest BCUT2D eigenvalue weighted by atomic mass is 9.99. The van der Waals surface area contributed by atoms with Crippen LogP contribution in [0.3, 0.4) is 0 Å². The number of carboxylic acid groups (broad SMARTS) is 4. The number of benzene rings is 1. The van der Waals surface area contributed by atoms with Gasteiger partial charge in [-0.25, -0.2) is 9.59 Å². The maximum absolute atomic E-state index is 11.1. The predicted molar refractivity (Wildman–Crippen MR) is 67.2 cm³/mol. The van der Waals surface area contributed by atoms with E-state index in [1.807, 2.05) is 0 Å². The second-order valence-corrected chi connectivity index (χ2v) is 3.97. The summed E-state index contributed by atoms with van der Waals surface area (Å²) in [6.07, 6.45) is 0. The number of aromatic carboxylic acids is 1. The molecule has 0 radical (unpaired) electrons. The molecule has 0 fully saturated rings. The van der Waals surface area contributed by atoms with Crippen molar-refractivity contribution in [3.63, 3.8) is 0 Å². The van der Waals surface area contributed by atoms with Gasteiger partial charge in [-0.3, -0.25) is 9.59 Å². The van der Waals surface area contributed by atoms with Gasteiger partial charge in [-0.05, 0) is 12.1 Å². The Balaban J connectivity index is 3.21. The molecule has 112 valence electrons. The molecule has 21 heavy (non-hydrogen) atoms. The fraction of sp³-hybridized carbons (Fsp3) is 0.167. The predicted octanol–water partition coefficient (Wildman–Crippen LogP) is 0.0353. The van der Waals surface area contributed by atoms with Crippen LogP contribution in [0.1, 0.15) is 10.4 Å². The van der Waals surface area contributed by atoms with Gasteiger partial charge in [0, 0.05) is 5.69 Å². The number of anilines is 1. The molecule has 0 saturated carbocycles. The highest BCUT2D eigenvalue weighted by molar-refractivity contribution is 6.01. The summed E-state index contributed by atoms with van der Waals surface area (Å²) in [5, 5.41) is 37.7. The van der Waals surface area contributed by atoms with Gasteiger partial charge in [0.1, 0.15) is 6.04 Å². The molecule has 0 aromatic heterocycles. The number of para-hydroxylation sites is 1. The average Bonchev–Trinajstić information content (AvgIpc) is 2.37. The minimum Gasteiger partial charge on any atom is -0.481 e. The number of carbonyl (C=O) groups is 4. The first-order valence-electron chi connectivity index (χ1n) is 5.53. The van der Waals surface area contributed by atoms with Gasteiger partial charge in [-0.1, -0.05) is 12.1 Å². The molecule has 1 aromatic carbocycles. The summed E-state index contributed by atoms with van der Waals surface area (Å²) in [5.74, 6) is -9.08. The van der Waals surface area contributed by atoms with Crippen LogP contribution in [0.5, 0.6) is 0 Å². The molecule has 1 aromatic rings. The SMILES string of the molecule is O=C(O)c1ccccc1NC(C(=O)O)C(C(=O)O)C(=O)O. The Kier molecular flexibility index (Phi) is 4.84. The highest BCUT2D eigenvalue weighted by Crippen LogP contribution is 2.19. The van der Waals surface area contributed by atoms with Crippen molar-refractivity contribution in [3.8, 4) is 0 Å². The first-order valence-corrected chi connectivity index (χ1v) is 5.53. The number of hydrogen-bond acceptors (Lipinski definition) is 5. The number of carboxylic acids is 4. The normalized spacial score (nSPS) is 11.7. The highest BCUT2D eigenvalue weighted by Gasteiger charge is 2.40. The molecule has 0 heterocycles. The fourth-order valence-electron chi connectivity index (χ4n) is 1.64. The van der Waals surface area contributed by atoms with Gasteiger partial charge in [0.15, 0.2) is 5.92 Å². The third-order valence-electron chi connectivity index (χ3n) is 2.60. The van der Waals surface area contributed by atoms with Gasteiger partial charge in [0.25, 0.3) is 0 Å². The second-order valence-electron chi connectivity index (χ2n) is 3.97. The van der Waals surface area contributed by atoms with Crippen molar-refractivity contribution in [1.29, 1.82) is 0 Å². The van der Waals surface area contributed by atoms with Crippen LogP contribution in [0.15, 0.2) is 24.3 Å². The molecule has 0 aliphatic heterocycles.